The maximum Gasteiger partial charge on any atom is 0.305 e. The number of aliphatic hydroxyl groups is 1. The Morgan fingerprint density at radius 2 is 1.45 bits per heavy atom. The van der Waals surface area contributed by atoms with Gasteiger partial charge in [0, 0.05) is 12.0 Å². The van der Waals surface area contributed by atoms with Crippen molar-refractivity contribution in [1.82, 2.24) is 5.32 Å². The molecule has 176 valence electrons. The van der Waals surface area contributed by atoms with Crippen molar-refractivity contribution in [2.24, 2.45) is 0 Å². The highest BCUT2D eigenvalue weighted by molar-refractivity contribution is 5.94. The summed E-state index contributed by atoms with van der Waals surface area (Å²) in [5.41, 5.74) is 0.627. The maximum atomic E-state index is 12.6. The predicted octanol–water partition coefficient (Wildman–Crippen LogP) is 5.80. The first kappa shape index (κ1) is 27.2. The highest BCUT2D eigenvalue weighted by Gasteiger charge is 2.21. The van der Waals surface area contributed by atoms with E-state index in [4.69, 9.17) is 0 Å². The van der Waals surface area contributed by atoms with Crippen LogP contribution >= 0.6 is 0 Å². The molecule has 2 N–H and O–H groups in total. The summed E-state index contributed by atoms with van der Waals surface area (Å²) in [6.45, 7) is 2.21. The van der Waals surface area contributed by atoms with Gasteiger partial charge in [-0.2, -0.15) is 0 Å². The second kappa shape index (κ2) is 17.8. The fraction of sp³-hybridized carbons (Fsp3) is 0.692. The van der Waals surface area contributed by atoms with Crippen molar-refractivity contribution >= 4 is 11.9 Å². The minimum Gasteiger partial charge on any atom is -0.469 e. The number of amides is 1. The van der Waals surface area contributed by atoms with Crippen molar-refractivity contribution in [1.29, 1.82) is 0 Å². The lowest BCUT2D eigenvalue weighted by molar-refractivity contribution is -0.140. The van der Waals surface area contributed by atoms with Crippen molar-refractivity contribution in [2.75, 3.05) is 7.11 Å². The topological polar surface area (TPSA) is 75.6 Å². The Balaban J connectivity index is 2.42. The van der Waals surface area contributed by atoms with Gasteiger partial charge in [0.05, 0.1) is 19.3 Å². The molecule has 2 unspecified atom stereocenters. The summed E-state index contributed by atoms with van der Waals surface area (Å²) in [6.07, 6.45) is 13.4. The number of unbranched alkanes of at least 4 members (excludes halogenated alkanes) is 9. The fourth-order valence-corrected chi connectivity index (χ4v) is 3.80. The molecule has 5 nitrogen and oxygen atoms in total. The predicted molar refractivity (Wildman–Crippen MR) is 126 cm³/mol. The summed E-state index contributed by atoms with van der Waals surface area (Å²) in [5, 5.41) is 13.8. The minimum absolute atomic E-state index is 0.120. The van der Waals surface area contributed by atoms with Crippen LogP contribution in [0.15, 0.2) is 30.3 Å². The third-order valence-electron chi connectivity index (χ3n) is 5.79. The number of hydrogen-bond acceptors (Lipinski definition) is 4. The molecule has 0 aliphatic carbocycles. The van der Waals surface area contributed by atoms with Crippen LogP contribution in [0.1, 0.15) is 107 Å². The molecule has 31 heavy (non-hydrogen) atoms. The van der Waals surface area contributed by atoms with E-state index in [9.17, 15) is 14.7 Å². The second-order valence-electron chi connectivity index (χ2n) is 8.45. The highest BCUT2D eigenvalue weighted by Crippen LogP contribution is 2.16. The van der Waals surface area contributed by atoms with Gasteiger partial charge in [0.1, 0.15) is 0 Å². The molecule has 0 saturated heterocycles. The number of esters is 1. The molecule has 0 aromatic heterocycles. The van der Waals surface area contributed by atoms with E-state index in [1.807, 2.05) is 18.2 Å². The van der Waals surface area contributed by atoms with Gasteiger partial charge in [0.2, 0.25) is 0 Å². The van der Waals surface area contributed by atoms with Crippen molar-refractivity contribution < 1.29 is 19.4 Å². The van der Waals surface area contributed by atoms with Crippen molar-refractivity contribution in [3.63, 3.8) is 0 Å². The number of ether oxygens (including phenoxy) is 1. The van der Waals surface area contributed by atoms with Crippen LogP contribution in [0, 0.1) is 0 Å². The molecule has 0 fully saturated rings. The Kier molecular flexibility index (Phi) is 15.6. The molecule has 1 amide bonds. The first-order valence-electron chi connectivity index (χ1n) is 12.2. The number of carbonyl (C=O) groups excluding carboxylic acids is 2. The Morgan fingerprint density at radius 3 is 2.10 bits per heavy atom. The zero-order valence-electron chi connectivity index (χ0n) is 19.6. The van der Waals surface area contributed by atoms with Crippen molar-refractivity contribution in [2.45, 2.75) is 109 Å². The lowest BCUT2D eigenvalue weighted by atomic mass is 9.97. The molecule has 1 aromatic carbocycles. The van der Waals surface area contributed by atoms with E-state index in [1.165, 1.54) is 32.8 Å². The zero-order valence-corrected chi connectivity index (χ0v) is 19.6. The van der Waals surface area contributed by atoms with E-state index in [-0.39, 0.29) is 17.9 Å². The van der Waals surface area contributed by atoms with Crippen molar-refractivity contribution in [3.05, 3.63) is 35.9 Å². The Hall–Kier alpha value is -1.88. The van der Waals surface area contributed by atoms with E-state index in [0.717, 1.165) is 57.8 Å². The van der Waals surface area contributed by atoms with E-state index in [1.54, 1.807) is 12.1 Å². The Bertz CT molecular complexity index is 590. The summed E-state index contributed by atoms with van der Waals surface area (Å²) in [6, 6.07) is 8.97. The van der Waals surface area contributed by atoms with Gasteiger partial charge < -0.3 is 15.2 Å². The number of carbonyl (C=O) groups is 2. The van der Waals surface area contributed by atoms with E-state index >= 15 is 0 Å². The van der Waals surface area contributed by atoms with Gasteiger partial charge >= 0.3 is 5.97 Å². The van der Waals surface area contributed by atoms with E-state index in [0.29, 0.717) is 12.0 Å². The van der Waals surface area contributed by atoms with Crippen LogP contribution in [0.5, 0.6) is 0 Å². The molecule has 2 atom stereocenters. The normalized spacial score (nSPS) is 12.9. The number of benzene rings is 1. The van der Waals surface area contributed by atoms with Crippen LogP contribution in [0.25, 0.3) is 0 Å². The summed E-state index contributed by atoms with van der Waals surface area (Å²) in [5.74, 6) is -0.271. The van der Waals surface area contributed by atoms with E-state index in [2.05, 4.69) is 17.0 Å². The molecular weight excluding hydrogens is 390 g/mol. The summed E-state index contributed by atoms with van der Waals surface area (Å²) in [4.78, 5) is 23.8. The SMILES string of the molecule is CCCCCCCCC(O)C(CCCCCCCC(=O)OC)NC(=O)c1ccccc1. The van der Waals surface area contributed by atoms with Gasteiger partial charge in [-0.05, 0) is 31.4 Å². The van der Waals surface area contributed by atoms with Gasteiger partial charge in [-0.15, -0.1) is 0 Å². The average molecular weight is 434 g/mol. The third kappa shape index (κ3) is 13.2. The van der Waals surface area contributed by atoms with Gasteiger partial charge in [-0.25, -0.2) is 0 Å². The molecule has 1 aromatic rings. The number of methoxy groups -OCH3 is 1. The average Bonchev–Trinajstić information content (AvgIpc) is 2.79. The molecule has 0 spiro atoms. The molecule has 0 radical (unpaired) electrons. The largest absolute Gasteiger partial charge is 0.469 e. The van der Waals surface area contributed by atoms with Crippen molar-refractivity contribution in [3.8, 4) is 0 Å². The molecule has 0 aliphatic rings. The van der Waals surface area contributed by atoms with Crippen LogP contribution in [-0.4, -0.2) is 36.2 Å². The van der Waals surface area contributed by atoms with Crippen LogP contribution in [0.3, 0.4) is 0 Å². The van der Waals surface area contributed by atoms with Gasteiger partial charge in [-0.3, -0.25) is 9.59 Å². The van der Waals surface area contributed by atoms with Crippen LogP contribution in [0.4, 0.5) is 0 Å². The first-order chi connectivity index (χ1) is 15.1. The molecule has 0 bridgehead atoms. The van der Waals surface area contributed by atoms with Gasteiger partial charge in [-0.1, -0.05) is 89.3 Å². The van der Waals surface area contributed by atoms with Crippen LogP contribution in [-0.2, 0) is 9.53 Å². The minimum atomic E-state index is -0.516. The number of nitrogens with one attached hydrogen (secondary N) is 1. The van der Waals surface area contributed by atoms with Crippen LogP contribution < -0.4 is 5.32 Å². The second-order valence-corrected chi connectivity index (χ2v) is 8.45. The molecule has 1 rings (SSSR count). The third-order valence-corrected chi connectivity index (χ3v) is 5.79. The fourth-order valence-electron chi connectivity index (χ4n) is 3.80. The van der Waals surface area contributed by atoms with Crippen LogP contribution in [0.2, 0.25) is 0 Å². The van der Waals surface area contributed by atoms with Gasteiger partial charge in [0.25, 0.3) is 5.91 Å². The maximum absolute atomic E-state index is 12.6. The lowest BCUT2D eigenvalue weighted by Gasteiger charge is -2.24. The lowest BCUT2D eigenvalue weighted by Crippen LogP contribution is -2.43. The monoisotopic (exact) mass is 433 g/mol. The highest BCUT2D eigenvalue weighted by atomic mass is 16.5. The zero-order chi connectivity index (χ0) is 22.7. The molecular formula is C26H43NO4. The van der Waals surface area contributed by atoms with E-state index < -0.39 is 6.10 Å². The molecule has 0 heterocycles. The Morgan fingerprint density at radius 1 is 0.871 bits per heavy atom. The molecule has 0 saturated carbocycles. The summed E-state index contributed by atoms with van der Waals surface area (Å²) in [7, 11) is 1.42. The Labute approximate surface area is 189 Å². The van der Waals surface area contributed by atoms with Gasteiger partial charge in [0.15, 0.2) is 0 Å². The number of hydrogen-bond donors (Lipinski definition) is 2. The summed E-state index contributed by atoms with van der Waals surface area (Å²) >= 11 is 0. The standard InChI is InChI=1S/C26H43NO4/c1-3-4-5-6-9-15-20-24(28)23(27-26(30)22-17-12-11-13-18-22)19-14-8-7-10-16-21-25(29)31-2/h11-13,17-18,23-24,28H,3-10,14-16,19-21H2,1-2H3,(H,27,30). The smallest absolute Gasteiger partial charge is 0.305 e. The number of aliphatic hydroxyl groups excluding tert-OH is 1. The molecule has 0 aliphatic heterocycles. The number of rotatable bonds is 18. The summed E-state index contributed by atoms with van der Waals surface area (Å²) < 4.78 is 4.66. The quantitative estimate of drug-likeness (QED) is 0.227. The first-order valence-corrected chi connectivity index (χ1v) is 12.2. The molecule has 5 heteroatoms.